The van der Waals surface area contributed by atoms with E-state index in [0.717, 1.165) is 12.1 Å². The monoisotopic (exact) mass is 412 g/mol. The Balaban J connectivity index is 1.84. The van der Waals surface area contributed by atoms with E-state index in [4.69, 9.17) is 4.74 Å². The van der Waals surface area contributed by atoms with Gasteiger partial charge in [-0.25, -0.2) is 4.90 Å². The molecule has 0 spiro atoms. The van der Waals surface area contributed by atoms with Gasteiger partial charge in [0.25, 0.3) is 11.8 Å². The highest BCUT2D eigenvalue weighted by molar-refractivity contribution is 6.46. The molecular weight excluding hydrogens is 388 g/mol. The number of imide groups is 1. The summed E-state index contributed by atoms with van der Waals surface area (Å²) < 4.78 is 5.84. The van der Waals surface area contributed by atoms with E-state index in [2.05, 4.69) is 0 Å². The Morgan fingerprint density at radius 1 is 0.806 bits per heavy atom. The van der Waals surface area contributed by atoms with Crippen LogP contribution in [0.1, 0.15) is 18.9 Å². The number of benzene rings is 3. The maximum Gasteiger partial charge on any atom is 0.282 e. The molecule has 5 nitrogen and oxygen atoms in total. The molecular formula is C26H24N2O3. The summed E-state index contributed by atoms with van der Waals surface area (Å²) in [5, 5.41) is 0. The van der Waals surface area contributed by atoms with Crippen LogP contribution < -0.4 is 14.5 Å². The van der Waals surface area contributed by atoms with Gasteiger partial charge >= 0.3 is 0 Å². The minimum Gasteiger partial charge on any atom is -0.491 e. The molecule has 0 fully saturated rings. The maximum atomic E-state index is 13.7. The lowest BCUT2D eigenvalue weighted by Crippen LogP contribution is -2.34. The van der Waals surface area contributed by atoms with Gasteiger partial charge in [-0.2, -0.15) is 0 Å². The van der Waals surface area contributed by atoms with E-state index >= 15 is 0 Å². The molecule has 0 N–H and O–H groups in total. The number of carbonyl (C=O) groups is 2. The van der Waals surface area contributed by atoms with Gasteiger partial charge in [0.05, 0.1) is 17.9 Å². The molecule has 0 aliphatic carbocycles. The lowest BCUT2D eigenvalue weighted by atomic mass is 10.0. The van der Waals surface area contributed by atoms with Crippen molar-refractivity contribution in [2.45, 2.75) is 13.3 Å². The molecule has 0 aromatic heterocycles. The van der Waals surface area contributed by atoms with E-state index in [1.54, 1.807) is 23.1 Å². The topological polar surface area (TPSA) is 49.9 Å². The molecule has 3 aromatic carbocycles. The number of anilines is 2. The number of nitrogens with zero attached hydrogens (tertiary/aromatic N) is 2. The van der Waals surface area contributed by atoms with Gasteiger partial charge in [-0.15, -0.1) is 0 Å². The predicted octanol–water partition coefficient (Wildman–Crippen LogP) is 4.90. The van der Waals surface area contributed by atoms with Crippen molar-refractivity contribution in [1.82, 2.24) is 0 Å². The van der Waals surface area contributed by atoms with Crippen molar-refractivity contribution in [3.05, 3.63) is 96.2 Å². The molecule has 156 valence electrons. The summed E-state index contributed by atoms with van der Waals surface area (Å²) in [7, 11) is 1.81. The Morgan fingerprint density at radius 3 is 2.10 bits per heavy atom. The zero-order valence-electron chi connectivity index (χ0n) is 17.6. The predicted molar refractivity (Wildman–Crippen MR) is 123 cm³/mol. The first-order valence-electron chi connectivity index (χ1n) is 10.3. The van der Waals surface area contributed by atoms with Crippen molar-refractivity contribution < 1.29 is 14.3 Å². The number of para-hydroxylation sites is 3. The van der Waals surface area contributed by atoms with E-state index in [9.17, 15) is 9.59 Å². The Hall–Kier alpha value is -3.86. The SMILES string of the molecule is CCCOc1ccccc1N1C(=O)C(c2ccccc2)=C(N(C)c2ccccc2)C1=O. The first kappa shape index (κ1) is 20.4. The van der Waals surface area contributed by atoms with Crippen LogP contribution in [-0.2, 0) is 9.59 Å². The smallest absolute Gasteiger partial charge is 0.282 e. The molecule has 4 rings (SSSR count). The van der Waals surface area contributed by atoms with Gasteiger partial charge in [0, 0.05) is 12.7 Å². The standard InChI is InChI=1S/C26H24N2O3/c1-3-18-31-22-17-11-10-16-21(22)28-25(29)23(19-12-6-4-7-13-19)24(26(28)30)27(2)20-14-8-5-9-15-20/h4-17H,3,18H2,1-2H3. The number of carbonyl (C=O) groups excluding carboxylic acids is 2. The van der Waals surface area contributed by atoms with E-state index < -0.39 is 0 Å². The summed E-state index contributed by atoms with van der Waals surface area (Å²) in [5.74, 6) is -0.216. The summed E-state index contributed by atoms with van der Waals surface area (Å²) in [6.07, 6.45) is 0.825. The van der Waals surface area contributed by atoms with Crippen molar-refractivity contribution in [2.24, 2.45) is 0 Å². The first-order chi connectivity index (χ1) is 15.1. The molecule has 5 heteroatoms. The van der Waals surface area contributed by atoms with Crippen molar-refractivity contribution in [3.8, 4) is 5.75 Å². The van der Waals surface area contributed by atoms with Crippen LogP contribution in [0.2, 0.25) is 0 Å². The van der Waals surface area contributed by atoms with E-state index in [1.807, 2.05) is 80.7 Å². The van der Waals surface area contributed by atoms with Gasteiger partial charge < -0.3 is 9.64 Å². The molecule has 0 atom stereocenters. The number of amides is 2. The highest BCUT2D eigenvalue weighted by Crippen LogP contribution is 2.39. The van der Waals surface area contributed by atoms with Crippen LogP contribution in [0.5, 0.6) is 5.75 Å². The molecule has 1 aliphatic rings. The van der Waals surface area contributed by atoms with E-state index in [-0.39, 0.29) is 11.8 Å². The Morgan fingerprint density at radius 2 is 1.42 bits per heavy atom. The molecule has 0 radical (unpaired) electrons. The third-order valence-corrected chi connectivity index (χ3v) is 5.17. The number of hydrogen-bond acceptors (Lipinski definition) is 4. The third kappa shape index (κ3) is 3.82. The summed E-state index contributed by atoms with van der Waals surface area (Å²) in [4.78, 5) is 30.3. The van der Waals surface area contributed by atoms with Gasteiger partial charge in [0.1, 0.15) is 11.4 Å². The average Bonchev–Trinajstić information content (AvgIpc) is 3.08. The Kier molecular flexibility index (Phi) is 5.85. The number of hydrogen-bond donors (Lipinski definition) is 0. The van der Waals surface area contributed by atoms with Crippen LogP contribution in [-0.4, -0.2) is 25.5 Å². The molecule has 3 aromatic rings. The number of rotatable bonds is 7. The Bertz CT molecular complexity index is 1120. The molecule has 0 saturated carbocycles. The van der Waals surface area contributed by atoms with Gasteiger partial charge in [0.2, 0.25) is 0 Å². The largest absolute Gasteiger partial charge is 0.491 e. The molecule has 0 bridgehead atoms. The van der Waals surface area contributed by atoms with E-state index in [1.165, 1.54) is 4.90 Å². The van der Waals surface area contributed by atoms with Gasteiger partial charge in [-0.1, -0.05) is 67.6 Å². The second-order valence-electron chi connectivity index (χ2n) is 7.25. The highest BCUT2D eigenvalue weighted by Gasteiger charge is 2.43. The lowest BCUT2D eigenvalue weighted by Gasteiger charge is -2.22. The maximum absolute atomic E-state index is 13.7. The lowest BCUT2D eigenvalue weighted by molar-refractivity contribution is -0.120. The van der Waals surface area contributed by atoms with Crippen LogP contribution in [0.15, 0.2) is 90.6 Å². The van der Waals surface area contributed by atoms with Gasteiger partial charge in [0.15, 0.2) is 0 Å². The summed E-state index contributed by atoms with van der Waals surface area (Å²) >= 11 is 0. The van der Waals surface area contributed by atoms with Crippen LogP contribution in [0, 0.1) is 0 Å². The first-order valence-corrected chi connectivity index (χ1v) is 10.3. The molecule has 0 saturated heterocycles. The third-order valence-electron chi connectivity index (χ3n) is 5.17. The summed E-state index contributed by atoms with van der Waals surface area (Å²) in [5.41, 5.74) is 2.70. The Labute approximate surface area is 182 Å². The fourth-order valence-electron chi connectivity index (χ4n) is 3.67. The number of ether oxygens (including phenoxy) is 1. The van der Waals surface area contributed by atoms with Crippen LogP contribution in [0.25, 0.3) is 5.57 Å². The fourth-order valence-corrected chi connectivity index (χ4v) is 3.67. The molecule has 0 unspecified atom stereocenters. The van der Waals surface area contributed by atoms with Crippen molar-refractivity contribution >= 4 is 28.8 Å². The molecule has 31 heavy (non-hydrogen) atoms. The molecule has 2 amide bonds. The summed E-state index contributed by atoms with van der Waals surface area (Å²) in [6, 6.07) is 26.0. The van der Waals surface area contributed by atoms with Crippen LogP contribution in [0.3, 0.4) is 0 Å². The van der Waals surface area contributed by atoms with E-state index in [0.29, 0.717) is 34.9 Å². The van der Waals surface area contributed by atoms with Gasteiger partial charge in [-0.3, -0.25) is 9.59 Å². The van der Waals surface area contributed by atoms with Gasteiger partial charge in [-0.05, 0) is 36.2 Å². The summed E-state index contributed by atoms with van der Waals surface area (Å²) in [6.45, 7) is 2.51. The van der Waals surface area contributed by atoms with Crippen molar-refractivity contribution in [2.75, 3.05) is 23.5 Å². The number of likely N-dealkylation sites (N-methyl/N-ethyl adjacent to an activating group) is 1. The minimum absolute atomic E-state index is 0.340. The zero-order valence-corrected chi connectivity index (χ0v) is 17.6. The zero-order chi connectivity index (χ0) is 21.8. The highest BCUT2D eigenvalue weighted by atomic mass is 16.5. The van der Waals surface area contributed by atoms with Crippen LogP contribution in [0.4, 0.5) is 11.4 Å². The second-order valence-corrected chi connectivity index (χ2v) is 7.25. The quantitative estimate of drug-likeness (QED) is 0.518. The minimum atomic E-state index is -0.372. The normalized spacial score (nSPS) is 13.7. The van der Waals surface area contributed by atoms with Crippen molar-refractivity contribution in [3.63, 3.8) is 0 Å². The average molecular weight is 412 g/mol. The fraction of sp³-hybridized carbons (Fsp3) is 0.154. The second kappa shape index (κ2) is 8.88. The molecule has 1 heterocycles. The van der Waals surface area contributed by atoms with Crippen molar-refractivity contribution in [1.29, 1.82) is 0 Å². The van der Waals surface area contributed by atoms with Crippen LogP contribution >= 0.6 is 0 Å². The molecule has 1 aliphatic heterocycles.